The number of hydrogen-bond donors (Lipinski definition) is 0. The predicted molar refractivity (Wildman–Crippen MR) is 90.7 cm³/mol. The molecule has 0 bridgehead atoms. The smallest absolute Gasteiger partial charge is 0.160 e. The van der Waals surface area contributed by atoms with Gasteiger partial charge in [0.15, 0.2) is 5.82 Å². The van der Waals surface area contributed by atoms with Crippen molar-refractivity contribution in [1.29, 1.82) is 0 Å². The van der Waals surface area contributed by atoms with E-state index in [1.54, 1.807) is 0 Å². The maximum atomic E-state index is 4.97. The van der Waals surface area contributed by atoms with Crippen LogP contribution in [0.4, 0.5) is 5.82 Å². The molecule has 0 saturated carbocycles. The Morgan fingerprint density at radius 1 is 1.23 bits per heavy atom. The zero-order chi connectivity index (χ0) is 15.1. The second-order valence-electron chi connectivity index (χ2n) is 6.61. The Hall–Kier alpha value is -1.90. The van der Waals surface area contributed by atoms with E-state index < -0.39 is 0 Å². The lowest BCUT2D eigenvalue weighted by atomic mass is 9.82. The molecule has 0 unspecified atom stereocenters. The molecule has 0 fully saturated rings. The summed E-state index contributed by atoms with van der Waals surface area (Å²) in [5.41, 5.74) is 2.24. The molecule has 0 amide bonds. The van der Waals surface area contributed by atoms with Crippen LogP contribution >= 0.6 is 0 Å². The lowest BCUT2D eigenvalue weighted by molar-refractivity contribution is 0.244. The second kappa shape index (κ2) is 5.38. The van der Waals surface area contributed by atoms with Crippen molar-refractivity contribution in [1.82, 2.24) is 9.55 Å². The van der Waals surface area contributed by atoms with Crippen LogP contribution in [-0.2, 0) is 6.42 Å². The fourth-order valence-corrected chi connectivity index (χ4v) is 4.20. The summed E-state index contributed by atoms with van der Waals surface area (Å²) in [7, 11) is 0. The van der Waals surface area contributed by atoms with Crippen molar-refractivity contribution in [3.05, 3.63) is 36.2 Å². The van der Waals surface area contributed by atoms with Crippen LogP contribution in [0, 0.1) is 11.8 Å². The lowest BCUT2D eigenvalue weighted by Gasteiger charge is -2.33. The van der Waals surface area contributed by atoms with Gasteiger partial charge in [-0.1, -0.05) is 50.6 Å². The highest BCUT2D eigenvalue weighted by Gasteiger charge is 2.35. The van der Waals surface area contributed by atoms with Gasteiger partial charge in [0.05, 0.1) is 0 Å². The molecule has 22 heavy (non-hydrogen) atoms. The van der Waals surface area contributed by atoms with Gasteiger partial charge in [-0.15, -0.1) is 0 Å². The molecule has 3 atom stereocenters. The average molecular weight is 293 g/mol. The van der Waals surface area contributed by atoms with Crippen LogP contribution in [0.5, 0.6) is 0 Å². The van der Waals surface area contributed by atoms with Crippen LogP contribution in [0.1, 0.15) is 45.0 Å². The molecule has 3 heteroatoms. The van der Waals surface area contributed by atoms with E-state index in [2.05, 4.69) is 55.0 Å². The first-order chi connectivity index (χ1) is 10.8. The summed E-state index contributed by atoms with van der Waals surface area (Å²) in [5.74, 6) is 3.51. The van der Waals surface area contributed by atoms with Gasteiger partial charge in [0.25, 0.3) is 0 Å². The molecule has 2 aliphatic heterocycles. The molecule has 2 aromatic rings. The number of aryl methyl sites for hydroxylation is 1. The monoisotopic (exact) mass is 293 g/mol. The van der Waals surface area contributed by atoms with Gasteiger partial charge in [-0.2, -0.15) is 0 Å². The van der Waals surface area contributed by atoms with E-state index in [9.17, 15) is 0 Å². The van der Waals surface area contributed by atoms with Crippen LogP contribution in [0.2, 0.25) is 0 Å². The number of benzene rings is 1. The Morgan fingerprint density at radius 3 is 2.82 bits per heavy atom. The van der Waals surface area contributed by atoms with Crippen molar-refractivity contribution in [2.75, 3.05) is 0 Å². The van der Waals surface area contributed by atoms with Gasteiger partial charge in [-0.25, -0.2) is 9.98 Å². The van der Waals surface area contributed by atoms with Crippen molar-refractivity contribution in [2.24, 2.45) is 16.8 Å². The van der Waals surface area contributed by atoms with E-state index in [-0.39, 0.29) is 0 Å². The standard InChI is InChI=1S/C19H23N3/c1-3-15-13(2)12-20-19-18(14-8-5-4-6-9-14)21-17-11-7-10-16(15)22(17)19/h4-6,8-9,12-13,15-16H,3,7,10-11H2,1-2H3/t13-,15+,16+/m0/s1. The molecule has 3 heterocycles. The first kappa shape index (κ1) is 13.7. The highest BCUT2D eigenvalue weighted by molar-refractivity contribution is 5.76. The van der Waals surface area contributed by atoms with Crippen molar-refractivity contribution in [3.8, 4) is 11.3 Å². The number of nitrogens with zero attached hydrogens (tertiary/aromatic N) is 3. The van der Waals surface area contributed by atoms with E-state index in [1.807, 2.05) is 0 Å². The predicted octanol–water partition coefficient (Wildman–Crippen LogP) is 4.81. The van der Waals surface area contributed by atoms with E-state index in [0.29, 0.717) is 17.9 Å². The van der Waals surface area contributed by atoms with Crippen molar-refractivity contribution >= 4 is 12.0 Å². The minimum Gasteiger partial charge on any atom is -0.309 e. The fourth-order valence-electron chi connectivity index (χ4n) is 4.20. The zero-order valence-electron chi connectivity index (χ0n) is 13.4. The topological polar surface area (TPSA) is 30.2 Å². The van der Waals surface area contributed by atoms with Crippen LogP contribution < -0.4 is 0 Å². The quantitative estimate of drug-likeness (QED) is 0.781. The van der Waals surface area contributed by atoms with Gasteiger partial charge in [-0.05, 0) is 24.7 Å². The summed E-state index contributed by atoms with van der Waals surface area (Å²) >= 11 is 0. The second-order valence-corrected chi connectivity index (χ2v) is 6.61. The van der Waals surface area contributed by atoms with Crippen LogP contribution in [0.15, 0.2) is 35.3 Å². The summed E-state index contributed by atoms with van der Waals surface area (Å²) < 4.78 is 2.46. The van der Waals surface area contributed by atoms with E-state index >= 15 is 0 Å². The van der Waals surface area contributed by atoms with E-state index in [0.717, 1.165) is 17.9 Å². The number of aliphatic imine (C=N–C) groups is 1. The Bertz CT molecular complexity index is 699. The van der Waals surface area contributed by atoms with E-state index in [4.69, 9.17) is 9.98 Å². The molecular formula is C19H23N3. The van der Waals surface area contributed by atoms with Crippen LogP contribution in [-0.4, -0.2) is 15.8 Å². The summed E-state index contributed by atoms with van der Waals surface area (Å²) in [4.78, 5) is 9.84. The normalized spacial score (nSPS) is 26.5. The maximum Gasteiger partial charge on any atom is 0.160 e. The molecule has 0 spiro atoms. The number of imidazole rings is 1. The molecule has 3 nitrogen and oxygen atoms in total. The number of rotatable bonds is 2. The van der Waals surface area contributed by atoms with Gasteiger partial charge in [0.2, 0.25) is 0 Å². The third-order valence-electron chi connectivity index (χ3n) is 5.31. The molecule has 0 radical (unpaired) electrons. The Kier molecular flexibility index (Phi) is 3.36. The molecule has 0 N–H and O–H groups in total. The minimum absolute atomic E-state index is 0.532. The Morgan fingerprint density at radius 2 is 2.05 bits per heavy atom. The lowest BCUT2D eigenvalue weighted by Crippen LogP contribution is -2.27. The molecule has 0 aliphatic carbocycles. The highest BCUT2D eigenvalue weighted by Crippen LogP contribution is 2.44. The molecule has 2 aliphatic rings. The molecule has 1 aromatic heterocycles. The highest BCUT2D eigenvalue weighted by atomic mass is 15.2. The Labute approximate surface area is 132 Å². The molecule has 114 valence electrons. The van der Waals surface area contributed by atoms with Crippen molar-refractivity contribution in [2.45, 2.75) is 45.6 Å². The van der Waals surface area contributed by atoms with Gasteiger partial charge < -0.3 is 4.57 Å². The van der Waals surface area contributed by atoms with Crippen molar-refractivity contribution < 1.29 is 0 Å². The number of hydrogen-bond acceptors (Lipinski definition) is 2. The summed E-state index contributed by atoms with van der Waals surface area (Å²) in [6.07, 6.45) is 6.95. The third kappa shape index (κ3) is 2.03. The SMILES string of the molecule is CC[C@H]1[C@H]2CCCc3nc(-c4ccccc4)c(n32)N=C[C@@H]1C. The number of aromatic nitrogens is 2. The van der Waals surface area contributed by atoms with Gasteiger partial charge in [-0.3, -0.25) is 0 Å². The summed E-state index contributed by atoms with van der Waals surface area (Å²) in [6.45, 7) is 4.62. The molecular weight excluding hydrogens is 270 g/mol. The van der Waals surface area contributed by atoms with Crippen LogP contribution in [0.3, 0.4) is 0 Å². The molecule has 4 rings (SSSR count). The first-order valence-electron chi connectivity index (χ1n) is 8.50. The third-order valence-corrected chi connectivity index (χ3v) is 5.31. The van der Waals surface area contributed by atoms with Gasteiger partial charge >= 0.3 is 0 Å². The van der Waals surface area contributed by atoms with Crippen LogP contribution in [0.25, 0.3) is 11.3 Å². The maximum absolute atomic E-state index is 4.97. The largest absolute Gasteiger partial charge is 0.309 e. The fraction of sp³-hybridized carbons (Fsp3) is 0.474. The van der Waals surface area contributed by atoms with Gasteiger partial charge in [0, 0.05) is 24.2 Å². The molecule has 0 saturated heterocycles. The Balaban J connectivity index is 1.92. The van der Waals surface area contributed by atoms with Crippen molar-refractivity contribution in [3.63, 3.8) is 0 Å². The average Bonchev–Trinajstić information content (AvgIpc) is 2.86. The first-order valence-corrected chi connectivity index (χ1v) is 8.50. The van der Waals surface area contributed by atoms with Gasteiger partial charge in [0.1, 0.15) is 11.5 Å². The zero-order valence-corrected chi connectivity index (χ0v) is 13.4. The summed E-state index contributed by atoms with van der Waals surface area (Å²) in [6, 6.07) is 11.1. The molecule has 1 aromatic carbocycles. The summed E-state index contributed by atoms with van der Waals surface area (Å²) in [5, 5.41) is 0. The van der Waals surface area contributed by atoms with E-state index in [1.165, 1.54) is 30.7 Å². The minimum atomic E-state index is 0.532.